The summed E-state index contributed by atoms with van der Waals surface area (Å²) in [6.07, 6.45) is 10.00. The smallest absolute Gasteiger partial charge is 0.0621 e. The van der Waals surface area contributed by atoms with Gasteiger partial charge in [-0.3, -0.25) is 4.68 Å². The van der Waals surface area contributed by atoms with Gasteiger partial charge in [0.25, 0.3) is 0 Å². The van der Waals surface area contributed by atoms with Crippen molar-refractivity contribution in [3.63, 3.8) is 0 Å². The SMILES string of the molecule is CCc1ccn(C2CCC(CC)CC2)n1. The topological polar surface area (TPSA) is 17.8 Å². The summed E-state index contributed by atoms with van der Waals surface area (Å²) in [6, 6.07) is 2.83. The van der Waals surface area contributed by atoms with E-state index in [4.69, 9.17) is 0 Å². The minimum Gasteiger partial charge on any atom is -0.269 e. The highest BCUT2D eigenvalue weighted by Gasteiger charge is 2.21. The maximum Gasteiger partial charge on any atom is 0.0621 e. The van der Waals surface area contributed by atoms with E-state index >= 15 is 0 Å². The van der Waals surface area contributed by atoms with Crippen molar-refractivity contribution in [2.75, 3.05) is 0 Å². The largest absolute Gasteiger partial charge is 0.269 e. The van der Waals surface area contributed by atoms with Gasteiger partial charge in [0.15, 0.2) is 0 Å². The summed E-state index contributed by atoms with van der Waals surface area (Å²) in [6.45, 7) is 4.48. The van der Waals surface area contributed by atoms with Crippen molar-refractivity contribution >= 4 is 0 Å². The van der Waals surface area contributed by atoms with Crippen molar-refractivity contribution in [1.29, 1.82) is 0 Å². The predicted molar refractivity (Wildman–Crippen MR) is 62.9 cm³/mol. The first kappa shape index (κ1) is 10.7. The van der Waals surface area contributed by atoms with E-state index in [1.54, 1.807) is 0 Å². The highest BCUT2D eigenvalue weighted by atomic mass is 15.3. The van der Waals surface area contributed by atoms with Crippen molar-refractivity contribution in [1.82, 2.24) is 9.78 Å². The molecule has 1 aromatic heterocycles. The molecule has 1 aromatic rings. The van der Waals surface area contributed by atoms with Gasteiger partial charge >= 0.3 is 0 Å². The number of nitrogens with zero attached hydrogens (tertiary/aromatic N) is 2. The Morgan fingerprint density at radius 1 is 1.27 bits per heavy atom. The van der Waals surface area contributed by atoms with Crippen LogP contribution in [0.3, 0.4) is 0 Å². The molecule has 1 aliphatic carbocycles. The van der Waals surface area contributed by atoms with Gasteiger partial charge in [-0.15, -0.1) is 0 Å². The highest BCUT2D eigenvalue weighted by molar-refractivity contribution is 4.99. The van der Waals surface area contributed by atoms with Gasteiger partial charge in [-0.25, -0.2) is 0 Å². The molecule has 0 radical (unpaired) electrons. The van der Waals surface area contributed by atoms with Crippen LogP contribution < -0.4 is 0 Å². The maximum absolute atomic E-state index is 4.62. The first-order valence-corrected chi connectivity index (χ1v) is 6.37. The van der Waals surface area contributed by atoms with Gasteiger partial charge in [-0.2, -0.15) is 5.10 Å². The minimum atomic E-state index is 0.674. The summed E-state index contributed by atoms with van der Waals surface area (Å²) in [4.78, 5) is 0. The minimum absolute atomic E-state index is 0.674. The van der Waals surface area contributed by atoms with Crippen molar-refractivity contribution in [3.05, 3.63) is 18.0 Å². The van der Waals surface area contributed by atoms with Crippen molar-refractivity contribution in [3.8, 4) is 0 Å². The van der Waals surface area contributed by atoms with E-state index in [9.17, 15) is 0 Å². The Labute approximate surface area is 92.7 Å². The normalized spacial score (nSPS) is 26.8. The van der Waals surface area contributed by atoms with Gasteiger partial charge in [0.05, 0.1) is 11.7 Å². The molecule has 0 unspecified atom stereocenters. The van der Waals surface area contributed by atoms with E-state index in [-0.39, 0.29) is 0 Å². The quantitative estimate of drug-likeness (QED) is 0.739. The molecule has 84 valence electrons. The van der Waals surface area contributed by atoms with E-state index in [0.717, 1.165) is 12.3 Å². The Morgan fingerprint density at radius 2 is 2.00 bits per heavy atom. The molecule has 0 N–H and O–H groups in total. The molecule has 0 spiro atoms. The third-order valence-electron chi connectivity index (χ3n) is 3.79. The molecule has 1 fully saturated rings. The van der Waals surface area contributed by atoms with Crippen LogP contribution in [0.15, 0.2) is 12.3 Å². The second-order valence-electron chi connectivity index (χ2n) is 4.72. The molecule has 1 heterocycles. The summed E-state index contributed by atoms with van der Waals surface area (Å²) in [5.41, 5.74) is 1.23. The fraction of sp³-hybridized carbons (Fsp3) is 0.769. The summed E-state index contributed by atoms with van der Waals surface area (Å²) >= 11 is 0. The van der Waals surface area contributed by atoms with Crippen molar-refractivity contribution in [2.45, 2.75) is 58.4 Å². The summed E-state index contributed by atoms with van der Waals surface area (Å²) in [5, 5.41) is 4.62. The zero-order valence-corrected chi connectivity index (χ0v) is 9.95. The van der Waals surface area contributed by atoms with Crippen LogP contribution in [0.2, 0.25) is 0 Å². The third-order valence-corrected chi connectivity index (χ3v) is 3.79. The van der Waals surface area contributed by atoms with Gasteiger partial charge in [0, 0.05) is 6.20 Å². The summed E-state index contributed by atoms with van der Waals surface area (Å²) in [7, 11) is 0. The lowest BCUT2D eigenvalue weighted by molar-refractivity contribution is 0.255. The first-order chi connectivity index (χ1) is 7.33. The number of aromatic nitrogens is 2. The van der Waals surface area contributed by atoms with Crippen LogP contribution in [0, 0.1) is 5.92 Å². The van der Waals surface area contributed by atoms with E-state index in [1.807, 2.05) is 0 Å². The number of hydrogen-bond donors (Lipinski definition) is 0. The molecule has 2 heteroatoms. The van der Waals surface area contributed by atoms with Crippen LogP contribution in [-0.2, 0) is 6.42 Å². The van der Waals surface area contributed by atoms with Gasteiger partial charge in [0.2, 0.25) is 0 Å². The molecule has 0 aliphatic heterocycles. The zero-order chi connectivity index (χ0) is 10.7. The molecular weight excluding hydrogens is 184 g/mol. The van der Waals surface area contributed by atoms with Crippen LogP contribution in [0.4, 0.5) is 0 Å². The average Bonchev–Trinajstić information content (AvgIpc) is 2.78. The van der Waals surface area contributed by atoms with E-state index < -0.39 is 0 Å². The molecule has 1 saturated carbocycles. The van der Waals surface area contributed by atoms with Crippen LogP contribution in [0.25, 0.3) is 0 Å². The van der Waals surface area contributed by atoms with E-state index in [1.165, 1.54) is 37.8 Å². The summed E-state index contributed by atoms with van der Waals surface area (Å²) < 4.78 is 2.20. The Kier molecular flexibility index (Phi) is 3.45. The molecule has 2 rings (SSSR count). The average molecular weight is 206 g/mol. The first-order valence-electron chi connectivity index (χ1n) is 6.37. The molecule has 2 nitrogen and oxygen atoms in total. The summed E-state index contributed by atoms with van der Waals surface area (Å²) in [5.74, 6) is 0.974. The van der Waals surface area contributed by atoms with Crippen LogP contribution >= 0.6 is 0 Å². The molecule has 0 amide bonds. The second-order valence-corrected chi connectivity index (χ2v) is 4.72. The Morgan fingerprint density at radius 3 is 2.53 bits per heavy atom. The molecule has 15 heavy (non-hydrogen) atoms. The standard InChI is InChI=1S/C13H22N2/c1-3-11-5-7-13(8-6-11)15-10-9-12(4-2)14-15/h9-11,13H,3-8H2,1-2H3. The predicted octanol–water partition coefficient (Wildman–Crippen LogP) is 3.59. The molecule has 0 saturated heterocycles. The highest BCUT2D eigenvalue weighted by Crippen LogP contribution is 2.33. The van der Waals surface area contributed by atoms with Gasteiger partial charge in [-0.05, 0) is 44.1 Å². The molecule has 1 aliphatic rings. The molecular formula is C13H22N2. The van der Waals surface area contributed by atoms with Gasteiger partial charge in [0.1, 0.15) is 0 Å². The van der Waals surface area contributed by atoms with Crippen molar-refractivity contribution in [2.24, 2.45) is 5.92 Å². The monoisotopic (exact) mass is 206 g/mol. The molecule has 0 aromatic carbocycles. The van der Waals surface area contributed by atoms with E-state index in [0.29, 0.717) is 6.04 Å². The van der Waals surface area contributed by atoms with Gasteiger partial charge < -0.3 is 0 Å². The van der Waals surface area contributed by atoms with Crippen molar-refractivity contribution < 1.29 is 0 Å². The Bertz CT molecular complexity index is 295. The third kappa shape index (κ3) is 2.42. The lowest BCUT2D eigenvalue weighted by atomic mass is 9.85. The molecule has 0 bridgehead atoms. The van der Waals surface area contributed by atoms with Crippen LogP contribution in [-0.4, -0.2) is 9.78 Å². The van der Waals surface area contributed by atoms with E-state index in [2.05, 4.69) is 35.9 Å². The number of hydrogen-bond acceptors (Lipinski definition) is 1. The Balaban J connectivity index is 1.95. The number of rotatable bonds is 3. The lowest BCUT2D eigenvalue weighted by Gasteiger charge is -2.27. The van der Waals surface area contributed by atoms with Crippen LogP contribution in [0.5, 0.6) is 0 Å². The fourth-order valence-electron chi connectivity index (χ4n) is 2.59. The lowest BCUT2D eigenvalue weighted by Crippen LogP contribution is -2.18. The van der Waals surface area contributed by atoms with Gasteiger partial charge in [-0.1, -0.05) is 20.3 Å². The fourth-order valence-corrected chi connectivity index (χ4v) is 2.59. The maximum atomic E-state index is 4.62. The Hall–Kier alpha value is -0.790. The zero-order valence-electron chi connectivity index (χ0n) is 9.95. The number of aryl methyl sites for hydroxylation is 1. The second kappa shape index (κ2) is 4.82. The molecule has 0 atom stereocenters. The van der Waals surface area contributed by atoms with Crippen LogP contribution in [0.1, 0.15) is 57.7 Å².